The van der Waals surface area contributed by atoms with Gasteiger partial charge in [0.25, 0.3) is 0 Å². The van der Waals surface area contributed by atoms with E-state index in [1.807, 2.05) is 0 Å². The van der Waals surface area contributed by atoms with Crippen molar-refractivity contribution in [2.45, 2.75) is 24.7 Å². The summed E-state index contributed by atoms with van der Waals surface area (Å²) in [6.07, 6.45) is 3.37. The van der Waals surface area contributed by atoms with E-state index >= 15 is 0 Å². The standard InChI is InChI=1S/C19H18ClNO3S/c1-2-3-12-24-17-8-4-15(5-9-17)13-19(14-21)25(22,23)18-10-6-16(20)7-11-18/h4-11,13H,2-3,12H2,1H3. The van der Waals surface area contributed by atoms with Crippen LogP contribution in [0.2, 0.25) is 5.02 Å². The molecule has 130 valence electrons. The molecule has 0 radical (unpaired) electrons. The van der Waals surface area contributed by atoms with Crippen molar-refractivity contribution < 1.29 is 13.2 Å². The maximum atomic E-state index is 12.6. The third-order valence-electron chi connectivity index (χ3n) is 3.47. The molecular formula is C19H18ClNO3S. The number of hydrogen-bond donors (Lipinski definition) is 0. The predicted molar refractivity (Wildman–Crippen MR) is 99.1 cm³/mol. The summed E-state index contributed by atoms with van der Waals surface area (Å²) in [6.45, 7) is 2.72. The van der Waals surface area contributed by atoms with Crippen molar-refractivity contribution in [1.82, 2.24) is 0 Å². The fourth-order valence-corrected chi connectivity index (χ4v) is 3.34. The lowest BCUT2D eigenvalue weighted by atomic mass is 10.2. The van der Waals surface area contributed by atoms with E-state index in [0.717, 1.165) is 12.8 Å². The van der Waals surface area contributed by atoms with Crippen LogP contribution in [0, 0.1) is 11.3 Å². The van der Waals surface area contributed by atoms with Crippen molar-refractivity contribution in [3.8, 4) is 11.8 Å². The molecule has 0 aliphatic heterocycles. The van der Waals surface area contributed by atoms with Crippen molar-refractivity contribution >= 4 is 27.5 Å². The Bertz CT molecular complexity index is 880. The summed E-state index contributed by atoms with van der Waals surface area (Å²) >= 11 is 5.78. The van der Waals surface area contributed by atoms with Gasteiger partial charge in [-0.25, -0.2) is 8.42 Å². The first-order valence-electron chi connectivity index (χ1n) is 7.82. The van der Waals surface area contributed by atoms with Gasteiger partial charge >= 0.3 is 0 Å². The molecule has 0 bridgehead atoms. The molecule has 0 aromatic heterocycles. The maximum absolute atomic E-state index is 12.6. The van der Waals surface area contributed by atoms with E-state index in [-0.39, 0.29) is 9.80 Å². The van der Waals surface area contributed by atoms with Crippen LogP contribution in [0.4, 0.5) is 0 Å². The Kier molecular flexibility index (Phi) is 6.63. The highest BCUT2D eigenvalue weighted by atomic mass is 35.5. The second-order valence-corrected chi connectivity index (χ2v) is 7.70. The minimum absolute atomic E-state index is 0.0317. The molecule has 2 aromatic carbocycles. The summed E-state index contributed by atoms with van der Waals surface area (Å²) in [5.74, 6) is 0.713. The van der Waals surface area contributed by atoms with E-state index in [4.69, 9.17) is 16.3 Å². The molecule has 0 amide bonds. The predicted octanol–water partition coefficient (Wildman–Crippen LogP) is 4.86. The van der Waals surface area contributed by atoms with Crippen molar-refractivity contribution in [3.05, 3.63) is 64.0 Å². The van der Waals surface area contributed by atoms with Crippen LogP contribution in [0.3, 0.4) is 0 Å². The molecular weight excluding hydrogens is 358 g/mol. The minimum Gasteiger partial charge on any atom is -0.494 e. The number of rotatable bonds is 7. The normalized spacial score (nSPS) is 11.8. The molecule has 0 fully saturated rings. The zero-order chi connectivity index (χ0) is 18.3. The molecule has 0 aliphatic carbocycles. The van der Waals surface area contributed by atoms with E-state index in [1.54, 1.807) is 30.3 Å². The lowest BCUT2D eigenvalue weighted by Crippen LogP contribution is -2.03. The highest BCUT2D eigenvalue weighted by molar-refractivity contribution is 7.95. The second kappa shape index (κ2) is 8.70. The number of allylic oxidation sites excluding steroid dienone is 1. The molecule has 0 spiro atoms. The summed E-state index contributed by atoms with van der Waals surface area (Å²) in [6, 6.07) is 14.4. The van der Waals surface area contributed by atoms with Gasteiger partial charge in [0.1, 0.15) is 16.7 Å². The van der Waals surface area contributed by atoms with Crippen LogP contribution in [0.1, 0.15) is 25.3 Å². The molecule has 0 saturated carbocycles. The average Bonchev–Trinajstić information content (AvgIpc) is 2.61. The van der Waals surface area contributed by atoms with Crippen LogP contribution in [0.5, 0.6) is 5.75 Å². The van der Waals surface area contributed by atoms with E-state index in [9.17, 15) is 13.7 Å². The van der Waals surface area contributed by atoms with Gasteiger partial charge in [-0.1, -0.05) is 37.1 Å². The second-order valence-electron chi connectivity index (χ2n) is 5.35. The number of ether oxygens (including phenoxy) is 1. The van der Waals surface area contributed by atoms with Gasteiger partial charge in [-0.2, -0.15) is 5.26 Å². The Morgan fingerprint density at radius 1 is 1.16 bits per heavy atom. The molecule has 0 heterocycles. The number of sulfone groups is 1. The number of benzene rings is 2. The SMILES string of the molecule is CCCCOc1ccc(C=C(C#N)S(=O)(=O)c2ccc(Cl)cc2)cc1. The Morgan fingerprint density at radius 2 is 1.80 bits per heavy atom. The smallest absolute Gasteiger partial charge is 0.216 e. The van der Waals surface area contributed by atoms with Gasteiger partial charge < -0.3 is 4.74 Å². The van der Waals surface area contributed by atoms with Gasteiger partial charge in [-0.05, 0) is 54.5 Å². The van der Waals surface area contributed by atoms with Gasteiger partial charge in [0.2, 0.25) is 9.84 Å². The zero-order valence-corrected chi connectivity index (χ0v) is 15.3. The Balaban J connectivity index is 2.25. The van der Waals surface area contributed by atoms with Crippen LogP contribution in [-0.2, 0) is 9.84 Å². The molecule has 0 saturated heterocycles. The number of unbranched alkanes of at least 4 members (excludes halogenated alkanes) is 1. The summed E-state index contributed by atoms with van der Waals surface area (Å²) in [7, 11) is -3.88. The highest BCUT2D eigenvalue weighted by Crippen LogP contribution is 2.23. The van der Waals surface area contributed by atoms with Gasteiger partial charge in [0.15, 0.2) is 0 Å². The summed E-state index contributed by atoms with van der Waals surface area (Å²) in [5, 5.41) is 9.72. The fraction of sp³-hybridized carbons (Fsp3) is 0.211. The van der Waals surface area contributed by atoms with Crippen molar-refractivity contribution in [2.24, 2.45) is 0 Å². The maximum Gasteiger partial charge on any atom is 0.216 e. The Morgan fingerprint density at radius 3 is 2.36 bits per heavy atom. The third-order valence-corrected chi connectivity index (χ3v) is 5.40. The molecule has 0 aliphatic rings. The lowest BCUT2D eigenvalue weighted by Gasteiger charge is -2.06. The van der Waals surface area contributed by atoms with Crippen molar-refractivity contribution in [3.63, 3.8) is 0 Å². The number of hydrogen-bond acceptors (Lipinski definition) is 4. The molecule has 25 heavy (non-hydrogen) atoms. The molecule has 2 aromatic rings. The topological polar surface area (TPSA) is 67.2 Å². The van der Waals surface area contributed by atoms with Crippen molar-refractivity contribution in [2.75, 3.05) is 6.61 Å². The van der Waals surface area contributed by atoms with E-state index in [2.05, 4.69) is 6.92 Å². The Labute approximate surface area is 153 Å². The van der Waals surface area contributed by atoms with Gasteiger partial charge in [0, 0.05) is 5.02 Å². The molecule has 2 rings (SSSR count). The lowest BCUT2D eigenvalue weighted by molar-refractivity contribution is 0.309. The number of nitrogens with zero attached hydrogens (tertiary/aromatic N) is 1. The van der Waals surface area contributed by atoms with Crippen LogP contribution in [-0.4, -0.2) is 15.0 Å². The van der Waals surface area contributed by atoms with Gasteiger partial charge in [-0.3, -0.25) is 0 Å². The third kappa shape index (κ3) is 5.09. The quantitative estimate of drug-likeness (QED) is 0.512. The monoisotopic (exact) mass is 375 g/mol. The first-order chi connectivity index (χ1) is 12.0. The van der Waals surface area contributed by atoms with E-state index in [0.29, 0.717) is 22.9 Å². The van der Waals surface area contributed by atoms with Crippen LogP contribution >= 0.6 is 11.6 Å². The number of nitriles is 1. The van der Waals surface area contributed by atoms with Crippen LogP contribution in [0.15, 0.2) is 58.3 Å². The summed E-state index contributed by atoms with van der Waals surface area (Å²) < 4.78 is 30.7. The largest absolute Gasteiger partial charge is 0.494 e. The number of halogens is 1. The molecule has 0 unspecified atom stereocenters. The highest BCUT2D eigenvalue weighted by Gasteiger charge is 2.20. The molecule has 0 N–H and O–H groups in total. The zero-order valence-electron chi connectivity index (χ0n) is 13.8. The van der Waals surface area contributed by atoms with E-state index < -0.39 is 9.84 Å². The Hall–Kier alpha value is -2.29. The van der Waals surface area contributed by atoms with Gasteiger partial charge in [-0.15, -0.1) is 0 Å². The molecule has 6 heteroatoms. The first kappa shape index (κ1) is 19.0. The van der Waals surface area contributed by atoms with E-state index in [1.165, 1.54) is 30.3 Å². The van der Waals surface area contributed by atoms with Crippen LogP contribution < -0.4 is 4.74 Å². The summed E-state index contributed by atoms with van der Waals surface area (Å²) in [5.41, 5.74) is 0.608. The molecule has 4 nitrogen and oxygen atoms in total. The van der Waals surface area contributed by atoms with Crippen LogP contribution in [0.25, 0.3) is 6.08 Å². The average molecular weight is 376 g/mol. The minimum atomic E-state index is -3.88. The summed E-state index contributed by atoms with van der Waals surface area (Å²) in [4.78, 5) is -0.293. The van der Waals surface area contributed by atoms with Crippen molar-refractivity contribution in [1.29, 1.82) is 5.26 Å². The first-order valence-corrected chi connectivity index (χ1v) is 9.69. The van der Waals surface area contributed by atoms with Gasteiger partial charge in [0.05, 0.1) is 11.5 Å². The fourth-order valence-electron chi connectivity index (χ4n) is 2.06. The molecule has 0 atom stereocenters.